The highest BCUT2D eigenvalue weighted by atomic mass is 35.5. The molecule has 0 saturated carbocycles. The maximum atomic E-state index is 10.7. The molecule has 1 aromatic carbocycles. The topological polar surface area (TPSA) is 88.5 Å². The number of nitro benzene ring substituents is 1. The first-order valence-corrected chi connectivity index (χ1v) is 6.76. The molecule has 1 aromatic heterocycles. The number of furan rings is 1. The first kappa shape index (κ1) is 15.5. The van der Waals surface area contributed by atoms with Gasteiger partial charge < -0.3 is 14.8 Å². The number of nitrogens with zero attached hydrogens (tertiary/aromatic N) is 1. The third-order valence-electron chi connectivity index (χ3n) is 2.99. The van der Waals surface area contributed by atoms with E-state index in [9.17, 15) is 10.1 Å². The fraction of sp³-hybridized carbons (Fsp3) is 0.286. The molecule has 0 spiro atoms. The van der Waals surface area contributed by atoms with Gasteiger partial charge >= 0.3 is 0 Å². The monoisotopic (exact) mass is 310 g/mol. The van der Waals surface area contributed by atoms with E-state index < -0.39 is 4.92 Å². The molecule has 6 nitrogen and oxygen atoms in total. The van der Waals surface area contributed by atoms with Crippen molar-refractivity contribution >= 4 is 17.3 Å². The van der Waals surface area contributed by atoms with Crippen molar-refractivity contribution < 1.29 is 14.4 Å². The average Bonchev–Trinajstić information content (AvgIpc) is 2.93. The fourth-order valence-corrected chi connectivity index (χ4v) is 2.04. The van der Waals surface area contributed by atoms with Gasteiger partial charge in [-0.1, -0.05) is 11.6 Å². The largest absolute Gasteiger partial charge is 0.460 e. The van der Waals surface area contributed by atoms with Crippen LogP contribution in [-0.2, 0) is 6.54 Å². The number of aliphatic hydroxyl groups is 1. The number of halogens is 1. The molecule has 0 unspecified atom stereocenters. The third kappa shape index (κ3) is 3.81. The summed E-state index contributed by atoms with van der Waals surface area (Å²) in [6, 6.07) is 7.77. The number of aliphatic hydroxyl groups excluding tert-OH is 1. The van der Waals surface area contributed by atoms with Crippen molar-refractivity contribution in [3.05, 3.63) is 51.2 Å². The second kappa shape index (κ2) is 6.71. The van der Waals surface area contributed by atoms with E-state index in [0.717, 1.165) is 0 Å². The highest BCUT2D eigenvalue weighted by molar-refractivity contribution is 6.33. The van der Waals surface area contributed by atoms with Crippen molar-refractivity contribution in [3.63, 3.8) is 0 Å². The lowest BCUT2D eigenvalue weighted by atomic mass is 10.1. The molecule has 2 N–H and O–H groups in total. The SMILES string of the molecule is C[C@H](CO)NCc1ccc(-c2ccc([N+](=O)[O-])cc2Cl)o1. The first-order valence-electron chi connectivity index (χ1n) is 6.38. The molecule has 0 bridgehead atoms. The Kier molecular flexibility index (Phi) is 4.95. The van der Waals surface area contributed by atoms with Gasteiger partial charge in [-0.15, -0.1) is 0 Å². The molecule has 0 aliphatic rings. The van der Waals surface area contributed by atoms with Crippen molar-refractivity contribution in [3.8, 4) is 11.3 Å². The van der Waals surface area contributed by atoms with Crippen LogP contribution in [0.25, 0.3) is 11.3 Å². The summed E-state index contributed by atoms with van der Waals surface area (Å²) in [5.41, 5.74) is 0.540. The molecule has 2 aromatic rings. The van der Waals surface area contributed by atoms with Crippen LogP contribution in [-0.4, -0.2) is 22.7 Å². The predicted molar refractivity (Wildman–Crippen MR) is 79.2 cm³/mol. The van der Waals surface area contributed by atoms with Crippen molar-refractivity contribution in [2.45, 2.75) is 19.5 Å². The zero-order valence-corrected chi connectivity index (χ0v) is 12.1. The fourth-order valence-electron chi connectivity index (χ4n) is 1.77. The molecule has 0 radical (unpaired) electrons. The minimum atomic E-state index is -0.497. The van der Waals surface area contributed by atoms with E-state index in [-0.39, 0.29) is 23.4 Å². The van der Waals surface area contributed by atoms with Crippen molar-refractivity contribution in [2.24, 2.45) is 0 Å². The Labute approximate surface area is 126 Å². The summed E-state index contributed by atoms with van der Waals surface area (Å²) in [6.07, 6.45) is 0. The van der Waals surface area contributed by atoms with E-state index in [1.807, 2.05) is 6.92 Å². The molecule has 0 saturated heterocycles. The number of hydrogen-bond acceptors (Lipinski definition) is 5. The summed E-state index contributed by atoms with van der Waals surface area (Å²) in [5.74, 6) is 1.24. The summed E-state index contributed by atoms with van der Waals surface area (Å²) in [4.78, 5) is 10.2. The summed E-state index contributed by atoms with van der Waals surface area (Å²) in [5, 5.41) is 23.0. The number of nitrogens with one attached hydrogen (secondary N) is 1. The van der Waals surface area contributed by atoms with E-state index in [1.165, 1.54) is 12.1 Å². The maximum absolute atomic E-state index is 10.7. The van der Waals surface area contributed by atoms with E-state index in [4.69, 9.17) is 21.1 Å². The van der Waals surface area contributed by atoms with Crippen LogP contribution in [0.1, 0.15) is 12.7 Å². The van der Waals surface area contributed by atoms with Gasteiger partial charge in [0.1, 0.15) is 11.5 Å². The Morgan fingerprint density at radius 2 is 2.19 bits per heavy atom. The van der Waals surface area contributed by atoms with Crippen LogP contribution in [0.15, 0.2) is 34.7 Å². The zero-order chi connectivity index (χ0) is 15.4. The molecule has 0 aliphatic heterocycles. The van der Waals surface area contributed by atoms with Crippen molar-refractivity contribution in [1.29, 1.82) is 0 Å². The minimum absolute atomic E-state index is 0.0264. The summed E-state index contributed by atoms with van der Waals surface area (Å²) < 4.78 is 5.65. The lowest BCUT2D eigenvalue weighted by Crippen LogP contribution is -2.28. The van der Waals surface area contributed by atoms with E-state index in [1.54, 1.807) is 18.2 Å². The first-order chi connectivity index (χ1) is 10.0. The normalized spacial score (nSPS) is 12.3. The summed E-state index contributed by atoms with van der Waals surface area (Å²) in [6.45, 7) is 2.38. The molecule has 2 rings (SSSR count). The molecule has 1 heterocycles. The van der Waals surface area contributed by atoms with Crippen LogP contribution in [0.5, 0.6) is 0 Å². The molecule has 7 heteroatoms. The van der Waals surface area contributed by atoms with Crippen LogP contribution in [0.4, 0.5) is 5.69 Å². The lowest BCUT2D eigenvalue weighted by Gasteiger charge is -2.08. The summed E-state index contributed by atoms with van der Waals surface area (Å²) >= 11 is 6.05. The average molecular weight is 311 g/mol. The second-order valence-electron chi connectivity index (χ2n) is 4.65. The van der Waals surface area contributed by atoms with Gasteiger partial charge in [0, 0.05) is 23.7 Å². The van der Waals surface area contributed by atoms with Gasteiger partial charge in [0.15, 0.2) is 0 Å². The van der Waals surface area contributed by atoms with Crippen LogP contribution < -0.4 is 5.32 Å². The van der Waals surface area contributed by atoms with E-state index in [0.29, 0.717) is 23.6 Å². The molecule has 0 fully saturated rings. The van der Waals surface area contributed by atoms with Gasteiger partial charge in [-0.3, -0.25) is 10.1 Å². The Morgan fingerprint density at radius 3 is 2.81 bits per heavy atom. The van der Waals surface area contributed by atoms with E-state index >= 15 is 0 Å². The number of non-ortho nitro benzene ring substituents is 1. The number of nitro groups is 1. The van der Waals surface area contributed by atoms with Gasteiger partial charge in [0.25, 0.3) is 5.69 Å². The molecular weight excluding hydrogens is 296 g/mol. The molecule has 112 valence electrons. The molecule has 0 aliphatic carbocycles. The Bertz CT molecular complexity index is 642. The van der Waals surface area contributed by atoms with Gasteiger partial charge in [0.2, 0.25) is 0 Å². The zero-order valence-electron chi connectivity index (χ0n) is 11.4. The number of benzene rings is 1. The van der Waals surface area contributed by atoms with Crippen molar-refractivity contribution in [2.75, 3.05) is 6.61 Å². The van der Waals surface area contributed by atoms with Crippen LogP contribution in [0.3, 0.4) is 0 Å². The molecule has 21 heavy (non-hydrogen) atoms. The Hall–Kier alpha value is -1.89. The van der Waals surface area contributed by atoms with Crippen LogP contribution >= 0.6 is 11.6 Å². The van der Waals surface area contributed by atoms with Gasteiger partial charge in [-0.25, -0.2) is 0 Å². The Balaban J connectivity index is 2.16. The second-order valence-corrected chi connectivity index (χ2v) is 5.06. The van der Waals surface area contributed by atoms with E-state index in [2.05, 4.69) is 5.32 Å². The predicted octanol–water partition coefficient (Wildman–Crippen LogP) is 2.98. The molecular formula is C14H15ClN2O4. The van der Waals surface area contributed by atoms with Crippen LogP contribution in [0, 0.1) is 10.1 Å². The molecule has 1 atom stereocenters. The lowest BCUT2D eigenvalue weighted by molar-refractivity contribution is -0.384. The maximum Gasteiger partial charge on any atom is 0.270 e. The Morgan fingerprint density at radius 1 is 1.43 bits per heavy atom. The smallest absolute Gasteiger partial charge is 0.270 e. The summed E-state index contributed by atoms with van der Waals surface area (Å²) in [7, 11) is 0. The number of rotatable bonds is 6. The van der Waals surface area contributed by atoms with Crippen LogP contribution in [0.2, 0.25) is 5.02 Å². The standard InChI is InChI=1S/C14H15ClN2O4/c1-9(8-18)16-7-11-3-5-14(21-11)12-4-2-10(17(19)20)6-13(12)15/h2-6,9,16,18H,7-8H2,1H3/t9-/m1/s1. The molecule has 0 amide bonds. The quantitative estimate of drug-likeness (QED) is 0.632. The highest BCUT2D eigenvalue weighted by Gasteiger charge is 2.13. The van der Waals surface area contributed by atoms with Gasteiger partial charge in [-0.05, 0) is 25.1 Å². The third-order valence-corrected chi connectivity index (χ3v) is 3.30. The van der Waals surface area contributed by atoms with Gasteiger partial charge in [0.05, 0.1) is 23.1 Å². The van der Waals surface area contributed by atoms with Crippen molar-refractivity contribution in [1.82, 2.24) is 5.32 Å². The minimum Gasteiger partial charge on any atom is -0.460 e. The highest BCUT2D eigenvalue weighted by Crippen LogP contribution is 2.32. The van der Waals surface area contributed by atoms with Gasteiger partial charge in [-0.2, -0.15) is 0 Å². The number of hydrogen-bond donors (Lipinski definition) is 2.